The van der Waals surface area contributed by atoms with Crippen molar-refractivity contribution in [1.82, 2.24) is 5.32 Å². The molecule has 3 rings (SSSR count). The van der Waals surface area contributed by atoms with Crippen molar-refractivity contribution in [2.45, 2.75) is 45.6 Å². The maximum Gasteiger partial charge on any atom is 0.261 e. The minimum atomic E-state index is 0.0440. The molecule has 1 aliphatic carbocycles. The number of carbonyl (C=O) groups is 1. The first kappa shape index (κ1) is 15.1. The van der Waals surface area contributed by atoms with Crippen LogP contribution in [0.1, 0.15) is 57.0 Å². The van der Waals surface area contributed by atoms with Crippen LogP contribution in [0.5, 0.6) is 0 Å². The van der Waals surface area contributed by atoms with Crippen molar-refractivity contribution in [1.29, 1.82) is 0 Å². The van der Waals surface area contributed by atoms with Crippen LogP contribution in [0.2, 0.25) is 0 Å². The van der Waals surface area contributed by atoms with Gasteiger partial charge in [0, 0.05) is 10.6 Å². The van der Waals surface area contributed by atoms with Crippen molar-refractivity contribution in [3.63, 3.8) is 0 Å². The van der Waals surface area contributed by atoms with Crippen molar-refractivity contribution in [3.05, 3.63) is 50.7 Å². The van der Waals surface area contributed by atoms with E-state index in [1.807, 2.05) is 18.2 Å². The van der Waals surface area contributed by atoms with Gasteiger partial charge in [0.05, 0.1) is 10.9 Å². The predicted octanol–water partition coefficient (Wildman–Crippen LogP) is 4.01. The van der Waals surface area contributed by atoms with Gasteiger partial charge in [-0.15, -0.1) is 11.3 Å². The number of hydrogen-bond acceptors (Lipinski definition) is 3. The Hall–Kier alpha value is -1.81. The summed E-state index contributed by atoms with van der Waals surface area (Å²) >= 11 is 1.61. The van der Waals surface area contributed by atoms with Crippen molar-refractivity contribution < 1.29 is 4.79 Å². The Kier molecular flexibility index (Phi) is 4.21. The maximum absolute atomic E-state index is 12.5. The molecule has 0 bridgehead atoms. The lowest BCUT2D eigenvalue weighted by Crippen LogP contribution is -2.30. The second kappa shape index (κ2) is 6.13. The number of aryl methyl sites for hydroxylation is 3. The molecule has 22 heavy (non-hydrogen) atoms. The SMILES string of the molecule is CCc1sc(C(=O)NC2CCCc3cc(N)ccc32)cc1C. The lowest BCUT2D eigenvalue weighted by atomic mass is 9.87. The van der Waals surface area contributed by atoms with E-state index in [-0.39, 0.29) is 11.9 Å². The smallest absolute Gasteiger partial charge is 0.261 e. The fourth-order valence-electron chi connectivity index (χ4n) is 3.20. The molecule has 1 atom stereocenters. The van der Waals surface area contributed by atoms with Crippen LogP contribution in [0.4, 0.5) is 5.69 Å². The van der Waals surface area contributed by atoms with Crippen molar-refractivity contribution in [2.24, 2.45) is 0 Å². The van der Waals surface area contributed by atoms with Gasteiger partial charge < -0.3 is 11.1 Å². The van der Waals surface area contributed by atoms with E-state index in [4.69, 9.17) is 5.73 Å². The van der Waals surface area contributed by atoms with Crippen molar-refractivity contribution >= 4 is 22.9 Å². The molecule has 0 spiro atoms. The summed E-state index contributed by atoms with van der Waals surface area (Å²) in [5, 5.41) is 3.21. The third-order valence-electron chi connectivity index (χ3n) is 4.35. The van der Waals surface area contributed by atoms with Crippen LogP contribution in [0.15, 0.2) is 24.3 Å². The lowest BCUT2D eigenvalue weighted by molar-refractivity contribution is 0.0937. The molecule has 0 fully saturated rings. The van der Waals surface area contributed by atoms with Crippen LogP contribution in [0.3, 0.4) is 0 Å². The molecular formula is C18H22N2OS. The van der Waals surface area contributed by atoms with Crippen molar-refractivity contribution in [2.75, 3.05) is 5.73 Å². The number of rotatable bonds is 3. The van der Waals surface area contributed by atoms with Gasteiger partial charge >= 0.3 is 0 Å². The highest BCUT2D eigenvalue weighted by atomic mass is 32.1. The number of thiophene rings is 1. The molecule has 0 radical (unpaired) electrons. The Labute approximate surface area is 135 Å². The number of nitrogen functional groups attached to an aromatic ring is 1. The fraction of sp³-hybridized carbons (Fsp3) is 0.389. The van der Waals surface area contributed by atoms with E-state index >= 15 is 0 Å². The Bertz CT molecular complexity index is 705. The van der Waals surface area contributed by atoms with Gasteiger partial charge in [-0.05, 0) is 67.5 Å². The van der Waals surface area contributed by atoms with E-state index in [9.17, 15) is 4.79 Å². The summed E-state index contributed by atoms with van der Waals surface area (Å²) in [7, 11) is 0. The number of carbonyl (C=O) groups excluding carboxylic acids is 1. The van der Waals surface area contributed by atoms with Gasteiger partial charge in [-0.1, -0.05) is 13.0 Å². The summed E-state index contributed by atoms with van der Waals surface area (Å²) in [4.78, 5) is 14.7. The van der Waals surface area contributed by atoms with E-state index < -0.39 is 0 Å². The van der Waals surface area contributed by atoms with Crippen LogP contribution >= 0.6 is 11.3 Å². The average Bonchev–Trinajstić information content (AvgIpc) is 2.88. The highest BCUT2D eigenvalue weighted by Crippen LogP contribution is 2.32. The number of hydrogen-bond donors (Lipinski definition) is 2. The zero-order chi connectivity index (χ0) is 15.7. The Balaban J connectivity index is 1.80. The van der Waals surface area contributed by atoms with Gasteiger partial charge in [-0.3, -0.25) is 4.79 Å². The Morgan fingerprint density at radius 1 is 1.41 bits per heavy atom. The van der Waals surface area contributed by atoms with Gasteiger partial charge in [-0.2, -0.15) is 0 Å². The van der Waals surface area contributed by atoms with Crippen LogP contribution in [-0.2, 0) is 12.8 Å². The second-order valence-corrected chi connectivity index (χ2v) is 7.08. The molecule has 1 unspecified atom stereocenters. The van der Waals surface area contributed by atoms with E-state index in [0.717, 1.165) is 36.2 Å². The molecule has 1 aromatic heterocycles. The Morgan fingerprint density at radius 2 is 2.23 bits per heavy atom. The molecule has 1 aliphatic rings. The van der Waals surface area contributed by atoms with Gasteiger partial charge in [0.2, 0.25) is 0 Å². The molecule has 1 heterocycles. The van der Waals surface area contributed by atoms with E-state index in [0.29, 0.717) is 0 Å². The summed E-state index contributed by atoms with van der Waals surface area (Å²) in [5.74, 6) is 0.0440. The van der Waals surface area contributed by atoms with Gasteiger partial charge in [0.25, 0.3) is 5.91 Å². The first-order chi connectivity index (χ1) is 10.6. The quantitative estimate of drug-likeness (QED) is 0.841. The van der Waals surface area contributed by atoms with E-state index in [1.165, 1.54) is 21.6 Å². The average molecular weight is 314 g/mol. The third kappa shape index (κ3) is 2.88. The Morgan fingerprint density at radius 3 is 2.95 bits per heavy atom. The molecule has 1 amide bonds. The summed E-state index contributed by atoms with van der Waals surface area (Å²) in [6, 6.07) is 8.13. The van der Waals surface area contributed by atoms with Gasteiger partial charge in [0.15, 0.2) is 0 Å². The zero-order valence-corrected chi connectivity index (χ0v) is 13.9. The number of amides is 1. The van der Waals surface area contributed by atoms with Crippen molar-refractivity contribution in [3.8, 4) is 0 Å². The topological polar surface area (TPSA) is 55.1 Å². The highest BCUT2D eigenvalue weighted by molar-refractivity contribution is 7.14. The van der Waals surface area contributed by atoms with Crippen LogP contribution in [0, 0.1) is 6.92 Å². The molecule has 0 aliphatic heterocycles. The summed E-state index contributed by atoms with van der Waals surface area (Å²) in [5.41, 5.74) is 10.4. The maximum atomic E-state index is 12.5. The normalized spacial score (nSPS) is 17.1. The molecule has 0 saturated heterocycles. The number of fused-ring (bicyclic) bond motifs is 1. The molecule has 1 aromatic carbocycles. The number of nitrogens with two attached hydrogens (primary N) is 1. The van der Waals surface area contributed by atoms with Crippen LogP contribution in [-0.4, -0.2) is 5.91 Å². The summed E-state index contributed by atoms with van der Waals surface area (Å²) in [6.45, 7) is 4.20. The number of benzene rings is 1. The second-order valence-electron chi connectivity index (χ2n) is 5.95. The third-order valence-corrected chi connectivity index (χ3v) is 5.73. The minimum absolute atomic E-state index is 0.0440. The number of nitrogens with one attached hydrogen (secondary N) is 1. The molecule has 0 saturated carbocycles. The van der Waals surface area contributed by atoms with E-state index in [1.54, 1.807) is 11.3 Å². The standard InChI is InChI=1S/C18H22N2OS/c1-3-16-11(2)9-17(22-16)18(21)20-15-6-4-5-12-10-13(19)7-8-14(12)15/h7-10,15H,3-6,19H2,1-2H3,(H,20,21). The molecule has 3 N–H and O–H groups in total. The fourth-order valence-corrected chi connectivity index (χ4v) is 4.21. The van der Waals surface area contributed by atoms with Gasteiger partial charge in [-0.25, -0.2) is 0 Å². The first-order valence-corrected chi connectivity index (χ1v) is 8.68. The van der Waals surface area contributed by atoms with E-state index in [2.05, 4.69) is 25.2 Å². The lowest BCUT2D eigenvalue weighted by Gasteiger charge is -2.26. The highest BCUT2D eigenvalue weighted by Gasteiger charge is 2.23. The summed E-state index contributed by atoms with van der Waals surface area (Å²) < 4.78 is 0. The largest absolute Gasteiger partial charge is 0.399 e. The molecular weight excluding hydrogens is 292 g/mol. The minimum Gasteiger partial charge on any atom is -0.399 e. The predicted molar refractivity (Wildman–Crippen MR) is 92.4 cm³/mol. The molecule has 3 nitrogen and oxygen atoms in total. The van der Waals surface area contributed by atoms with Crippen LogP contribution < -0.4 is 11.1 Å². The summed E-state index contributed by atoms with van der Waals surface area (Å²) in [6.07, 6.45) is 4.11. The zero-order valence-electron chi connectivity index (χ0n) is 13.1. The molecule has 4 heteroatoms. The van der Waals surface area contributed by atoms with Gasteiger partial charge in [0.1, 0.15) is 0 Å². The monoisotopic (exact) mass is 314 g/mol. The first-order valence-electron chi connectivity index (χ1n) is 7.87. The van der Waals surface area contributed by atoms with Crippen LogP contribution in [0.25, 0.3) is 0 Å². The molecule has 2 aromatic rings. The number of anilines is 1. The molecule has 116 valence electrons.